The van der Waals surface area contributed by atoms with E-state index in [1.165, 1.54) is 4.90 Å². The van der Waals surface area contributed by atoms with Crippen LogP contribution in [-0.2, 0) is 17.6 Å². The maximum Gasteiger partial charge on any atom is 0.318 e. The summed E-state index contributed by atoms with van der Waals surface area (Å²) < 4.78 is 19.9. The summed E-state index contributed by atoms with van der Waals surface area (Å²) in [7, 11) is 3.01. The third-order valence-corrected chi connectivity index (χ3v) is 9.73. The van der Waals surface area contributed by atoms with Gasteiger partial charge in [-0.15, -0.1) is 9.24 Å². The minimum atomic E-state index is -1.01. The highest BCUT2D eigenvalue weighted by molar-refractivity contribution is 7.17. The molecule has 2 saturated heterocycles. The zero-order valence-corrected chi connectivity index (χ0v) is 25.1. The number of fused-ring (bicyclic) bond motifs is 1. The predicted octanol–water partition coefficient (Wildman–Crippen LogP) is 4.79. The molecule has 5 atom stereocenters. The van der Waals surface area contributed by atoms with E-state index in [4.69, 9.17) is 26.3 Å². The largest absolute Gasteiger partial charge is 0.462 e. The van der Waals surface area contributed by atoms with Gasteiger partial charge in [0, 0.05) is 41.9 Å². The van der Waals surface area contributed by atoms with Crippen molar-refractivity contribution in [3.05, 3.63) is 58.5 Å². The van der Waals surface area contributed by atoms with Gasteiger partial charge in [0.2, 0.25) is 0 Å². The van der Waals surface area contributed by atoms with Crippen molar-refractivity contribution in [3.8, 4) is 12.1 Å². The van der Waals surface area contributed by atoms with Crippen molar-refractivity contribution >= 4 is 32.6 Å². The highest BCUT2D eigenvalue weighted by Gasteiger charge is 2.36. The summed E-state index contributed by atoms with van der Waals surface area (Å²) in [5, 5.41) is 13.7. The van der Waals surface area contributed by atoms with Gasteiger partial charge in [-0.3, -0.25) is 4.79 Å². The molecule has 0 saturated carbocycles. The SMILES string of the molecule is C=C(F)C(=O)N1CCN(c2nc(OCC3CCCN3)nc3c2CCC(CCc2ccccc2Cl)C3P)CC1CC#N. The van der Waals surface area contributed by atoms with Gasteiger partial charge in [0.15, 0.2) is 5.83 Å². The van der Waals surface area contributed by atoms with E-state index in [9.17, 15) is 14.4 Å². The Labute approximate surface area is 248 Å². The Balaban J connectivity index is 1.41. The molecule has 1 amide bonds. The molecule has 41 heavy (non-hydrogen) atoms. The molecule has 1 aliphatic carbocycles. The number of hydrogen-bond acceptors (Lipinski definition) is 7. The van der Waals surface area contributed by atoms with Gasteiger partial charge in [-0.1, -0.05) is 36.4 Å². The third kappa shape index (κ3) is 6.83. The molecule has 0 spiro atoms. The lowest BCUT2D eigenvalue weighted by molar-refractivity contribution is -0.131. The van der Waals surface area contributed by atoms with E-state index in [1.54, 1.807) is 0 Å². The lowest BCUT2D eigenvalue weighted by Crippen LogP contribution is -2.55. The van der Waals surface area contributed by atoms with Crippen LogP contribution in [0.1, 0.15) is 54.6 Å². The number of carbonyl (C=O) groups is 1. The van der Waals surface area contributed by atoms with Gasteiger partial charge in [-0.2, -0.15) is 15.2 Å². The lowest BCUT2D eigenvalue weighted by Gasteiger charge is -2.42. The molecule has 5 rings (SSSR count). The molecule has 2 fully saturated rings. The maximum absolute atomic E-state index is 13.7. The van der Waals surface area contributed by atoms with Gasteiger partial charge < -0.3 is 19.9 Å². The summed E-state index contributed by atoms with van der Waals surface area (Å²) in [6.07, 6.45) is 5.95. The molecule has 2 aliphatic heterocycles. The summed E-state index contributed by atoms with van der Waals surface area (Å²) in [6.45, 7) is 5.77. The number of nitrogens with zero attached hydrogens (tertiary/aromatic N) is 5. The van der Waals surface area contributed by atoms with Crippen molar-refractivity contribution in [1.82, 2.24) is 20.2 Å². The second-order valence-electron chi connectivity index (χ2n) is 11.1. The van der Waals surface area contributed by atoms with E-state index in [1.807, 2.05) is 18.2 Å². The monoisotopic (exact) mass is 598 g/mol. The molecular weight excluding hydrogens is 562 g/mol. The second kappa shape index (κ2) is 13.5. The molecule has 1 N–H and O–H groups in total. The molecule has 0 radical (unpaired) electrons. The fourth-order valence-corrected chi connectivity index (χ4v) is 7.12. The van der Waals surface area contributed by atoms with Crippen molar-refractivity contribution < 1.29 is 13.9 Å². The quantitative estimate of drug-likeness (QED) is 0.328. The van der Waals surface area contributed by atoms with Crippen LogP contribution in [0.4, 0.5) is 10.2 Å². The van der Waals surface area contributed by atoms with Gasteiger partial charge in [-0.05, 0) is 62.6 Å². The van der Waals surface area contributed by atoms with Crippen molar-refractivity contribution in [1.29, 1.82) is 5.26 Å². The first kappa shape index (κ1) is 29.7. The summed E-state index contributed by atoms with van der Waals surface area (Å²) in [4.78, 5) is 25.8. The number of benzene rings is 1. The normalized spacial score (nSPS) is 24.0. The number of nitriles is 1. The molecule has 1 aromatic carbocycles. The fraction of sp³-hybridized carbons (Fsp3) is 0.533. The lowest BCUT2D eigenvalue weighted by atomic mass is 9.82. The number of halogens is 2. The van der Waals surface area contributed by atoms with Gasteiger partial charge in [0.1, 0.15) is 12.4 Å². The number of amides is 1. The molecule has 11 heteroatoms. The summed E-state index contributed by atoms with van der Waals surface area (Å²) >= 11 is 6.43. The first-order valence-corrected chi connectivity index (χ1v) is 15.4. The number of nitrogens with one attached hydrogen (secondary N) is 1. The second-order valence-corrected chi connectivity index (χ2v) is 12.2. The van der Waals surface area contributed by atoms with E-state index in [0.717, 1.165) is 72.7 Å². The maximum atomic E-state index is 13.7. The Morgan fingerprint density at radius 3 is 2.85 bits per heavy atom. The number of rotatable bonds is 9. The van der Waals surface area contributed by atoms with Crippen LogP contribution in [0.2, 0.25) is 5.02 Å². The topological polar surface area (TPSA) is 94.4 Å². The van der Waals surface area contributed by atoms with E-state index in [2.05, 4.69) is 38.2 Å². The predicted molar refractivity (Wildman–Crippen MR) is 161 cm³/mol. The van der Waals surface area contributed by atoms with Gasteiger partial charge in [-0.25, -0.2) is 4.39 Å². The number of carbonyl (C=O) groups excluding carboxylic acids is 1. The number of anilines is 1. The highest BCUT2D eigenvalue weighted by Crippen LogP contribution is 2.45. The minimum Gasteiger partial charge on any atom is -0.462 e. The van der Waals surface area contributed by atoms with E-state index in [-0.39, 0.29) is 24.7 Å². The molecule has 8 nitrogen and oxygen atoms in total. The van der Waals surface area contributed by atoms with E-state index >= 15 is 0 Å². The standard InChI is InChI=1S/C30H37ClFN6O2P/c1-19(32)29(39)38-16-15-37(17-23(38)12-13-33)28-24-11-10-21(9-8-20-5-2-3-7-25(20)31)27(41)26(24)35-30(36-28)40-18-22-6-4-14-34-22/h2-3,5,7,21-23,27,34H,1,4,6,8-12,14-18,41H2. The van der Waals surface area contributed by atoms with Crippen LogP contribution in [0, 0.1) is 17.2 Å². The van der Waals surface area contributed by atoms with Crippen LogP contribution in [0.25, 0.3) is 0 Å². The molecule has 2 aromatic rings. The van der Waals surface area contributed by atoms with Crippen LogP contribution in [-0.4, -0.2) is 65.6 Å². The Kier molecular flexibility index (Phi) is 9.75. The van der Waals surface area contributed by atoms with Crippen LogP contribution >= 0.6 is 20.8 Å². The van der Waals surface area contributed by atoms with Crippen LogP contribution in [0.5, 0.6) is 6.01 Å². The van der Waals surface area contributed by atoms with Crippen molar-refractivity contribution in [2.75, 3.05) is 37.7 Å². The molecule has 1 aromatic heterocycles. The number of ether oxygens (including phenoxy) is 1. The zero-order valence-electron chi connectivity index (χ0n) is 23.2. The first-order chi connectivity index (χ1) is 19.9. The van der Waals surface area contributed by atoms with Crippen molar-refractivity contribution in [3.63, 3.8) is 0 Å². The summed E-state index contributed by atoms with van der Waals surface area (Å²) in [5.41, 5.74) is 3.32. The number of aryl methyl sites for hydroxylation is 1. The van der Waals surface area contributed by atoms with Crippen molar-refractivity contribution in [2.24, 2.45) is 5.92 Å². The van der Waals surface area contributed by atoms with E-state index in [0.29, 0.717) is 31.6 Å². The first-order valence-electron chi connectivity index (χ1n) is 14.4. The Bertz CT molecular complexity index is 1320. The van der Waals surface area contributed by atoms with Gasteiger partial charge in [0.25, 0.3) is 5.91 Å². The third-order valence-electron chi connectivity index (χ3n) is 8.51. The Morgan fingerprint density at radius 1 is 1.29 bits per heavy atom. The molecule has 0 bridgehead atoms. The van der Waals surface area contributed by atoms with Gasteiger partial charge in [0.05, 0.1) is 24.2 Å². The highest BCUT2D eigenvalue weighted by atomic mass is 35.5. The Hall–Kier alpha value is -2.79. The average molecular weight is 599 g/mol. The molecule has 3 heterocycles. The summed E-state index contributed by atoms with van der Waals surface area (Å²) in [5.74, 6) is -0.581. The van der Waals surface area contributed by atoms with Crippen LogP contribution < -0.4 is 15.0 Å². The average Bonchev–Trinajstić information content (AvgIpc) is 3.50. The zero-order chi connectivity index (χ0) is 28.9. The smallest absolute Gasteiger partial charge is 0.318 e. The molecule has 218 valence electrons. The van der Waals surface area contributed by atoms with Crippen molar-refractivity contribution in [2.45, 2.75) is 62.7 Å². The van der Waals surface area contributed by atoms with Crippen LogP contribution in [0.3, 0.4) is 0 Å². The van der Waals surface area contributed by atoms with E-state index < -0.39 is 17.8 Å². The molecular formula is C30H37ClFN6O2P. The number of aromatic nitrogens is 2. The minimum absolute atomic E-state index is 0.0931. The van der Waals surface area contributed by atoms with Crippen LogP contribution in [0.15, 0.2) is 36.7 Å². The number of hydrogen-bond donors (Lipinski definition) is 1. The van der Waals surface area contributed by atoms with Gasteiger partial charge >= 0.3 is 6.01 Å². The fourth-order valence-electron chi connectivity index (χ4n) is 6.23. The molecule has 5 unspecified atom stereocenters. The Morgan fingerprint density at radius 2 is 2.12 bits per heavy atom. The summed E-state index contributed by atoms with van der Waals surface area (Å²) in [6, 6.07) is 10.3. The molecule has 3 aliphatic rings. The number of piperazine rings is 1.